The minimum absolute atomic E-state index is 0.429. The smallest absolute Gasteiger partial charge is 0.269 e. The van der Waals surface area contributed by atoms with Crippen LogP contribution < -0.4 is 0 Å². The van der Waals surface area contributed by atoms with Crippen molar-refractivity contribution in [2.75, 3.05) is 19.6 Å². The summed E-state index contributed by atoms with van der Waals surface area (Å²) in [5, 5.41) is 1.06. The lowest BCUT2D eigenvalue weighted by Gasteiger charge is -2.14. The molecule has 2 aromatic carbocycles. The van der Waals surface area contributed by atoms with Gasteiger partial charge in [-0.1, -0.05) is 36.4 Å². The highest BCUT2D eigenvalue weighted by molar-refractivity contribution is 7.90. The number of rotatable bonds is 3. The van der Waals surface area contributed by atoms with Crippen LogP contribution >= 0.6 is 0 Å². The molecule has 4 nitrogen and oxygen atoms in total. The van der Waals surface area contributed by atoms with Crippen LogP contribution in [-0.4, -0.2) is 36.9 Å². The Bertz CT molecular complexity index is 1080. The van der Waals surface area contributed by atoms with E-state index in [1.807, 2.05) is 30.3 Å². The summed E-state index contributed by atoms with van der Waals surface area (Å²) in [6.45, 7) is 3.30. The zero-order chi connectivity index (χ0) is 17.0. The van der Waals surface area contributed by atoms with Crippen molar-refractivity contribution in [2.45, 2.75) is 24.2 Å². The summed E-state index contributed by atoms with van der Waals surface area (Å²) < 4.78 is 27.8. The third-order valence-corrected chi connectivity index (χ3v) is 7.25. The lowest BCUT2D eigenvalue weighted by molar-refractivity contribution is 0.344. The van der Waals surface area contributed by atoms with Gasteiger partial charge in [-0.25, -0.2) is 12.4 Å². The van der Waals surface area contributed by atoms with Gasteiger partial charge in [-0.3, -0.25) is 0 Å². The lowest BCUT2D eigenvalue weighted by Crippen LogP contribution is -2.22. The van der Waals surface area contributed by atoms with E-state index in [0.29, 0.717) is 4.90 Å². The molecule has 1 saturated heterocycles. The van der Waals surface area contributed by atoms with Crippen LogP contribution in [0.1, 0.15) is 18.4 Å². The Kier molecular flexibility index (Phi) is 3.30. The zero-order valence-corrected chi connectivity index (χ0v) is 14.8. The van der Waals surface area contributed by atoms with Crippen molar-refractivity contribution in [2.24, 2.45) is 0 Å². The molecule has 25 heavy (non-hydrogen) atoms. The second-order valence-electron chi connectivity index (χ2n) is 6.91. The Morgan fingerprint density at radius 2 is 1.64 bits per heavy atom. The van der Waals surface area contributed by atoms with Crippen LogP contribution in [0.3, 0.4) is 0 Å². The molecule has 5 rings (SSSR count). The SMILES string of the molecule is O=S1(=O)c2ccccc2-c2c(CCN3CCCC3)c3ccccc3n21. The highest BCUT2D eigenvalue weighted by atomic mass is 32.2. The van der Waals surface area contributed by atoms with Crippen LogP contribution in [0.15, 0.2) is 53.4 Å². The van der Waals surface area contributed by atoms with Crippen LogP contribution in [0.5, 0.6) is 0 Å². The number of aromatic nitrogens is 1. The van der Waals surface area contributed by atoms with E-state index in [9.17, 15) is 8.42 Å². The molecule has 128 valence electrons. The third kappa shape index (κ3) is 2.12. The largest absolute Gasteiger partial charge is 0.303 e. The summed E-state index contributed by atoms with van der Waals surface area (Å²) >= 11 is 0. The maximum absolute atomic E-state index is 13.1. The summed E-state index contributed by atoms with van der Waals surface area (Å²) in [5.74, 6) is 0. The van der Waals surface area contributed by atoms with Crippen molar-refractivity contribution in [3.05, 3.63) is 54.1 Å². The summed E-state index contributed by atoms with van der Waals surface area (Å²) in [6, 6.07) is 15.3. The standard InChI is InChI=1S/C20H20N2O2S/c23-25(24)19-10-4-2-8-17(19)20-16(11-14-21-12-5-6-13-21)15-7-1-3-9-18(15)22(20)25/h1-4,7-10H,5-6,11-14H2. The van der Waals surface area contributed by atoms with E-state index >= 15 is 0 Å². The molecule has 3 aromatic rings. The third-order valence-electron chi connectivity index (χ3n) is 5.47. The van der Waals surface area contributed by atoms with E-state index in [1.165, 1.54) is 12.8 Å². The van der Waals surface area contributed by atoms with Gasteiger partial charge in [0.25, 0.3) is 10.0 Å². The van der Waals surface area contributed by atoms with E-state index < -0.39 is 10.0 Å². The summed E-state index contributed by atoms with van der Waals surface area (Å²) in [6.07, 6.45) is 3.42. The first kappa shape index (κ1) is 15.2. The number of para-hydroxylation sites is 1. The fraction of sp³-hybridized carbons (Fsp3) is 0.300. The number of hydrogen-bond donors (Lipinski definition) is 0. The summed E-state index contributed by atoms with van der Waals surface area (Å²) in [4.78, 5) is 2.91. The summed E-state index contributed by atoms with van der Waals surface area (Å²) in [7, 11) is -3.50. The predicted octanol–water partition coefficient (Wildman–Crippen LogP) is 3.50. The van der Waals surface area contributed by atoms with Crippen molar-refractivity contribution >= 4 is 20.9 Å². The monoisotopic (exact) mass is 352 g/mol. The average Bonchev–Trinajstić information content (AvgIpc) is 3.30. The molecule has 1 fully saturated rings. The Morgan fingerprint density at radius 1 is 0.920 bits per heavy atom. The Labute approximate surface area is 147 Å². The molecular formula is C20H20N2O2S. The van der Waals surface area contributed by atoms with E-state index in [4.69, 9.17) is 0 Å². The first-order valence-corrected chi connectivity index (χ1v) is 10.3. The number of fused-ring (bicyclic) bond motifs is 5. The second kappa shape index (κ2) is 5.44. The maximum Gasteiger partial charge on any atom is 0.269 e. The normalized spacial score (nSPS) is 18.6. The fourth-order valence-electron chi connectivity index (χ4n) is 4.31. The second-order valence-corrected chi connectivity index (χ2v) is 8.66. The van der Waals surface area contributed by atoms with Gasteiger partial charge in [0.2, 0.25) is 0 Å². The maximum atomic E-state index is 13.1. The van der Waals surface area contributed by atoms with Crippen LogP contribution in [0.25, 0.3) is 22.2 Å². The minimum atomic E-state index is -3.50. The van der Waals surface area contributed by atoms with Crippen molar-refractivity contribution in [1.29, 1.82) is 0 Å². The molecule has 0 aliphatic carbocycles. The van der Waals surface area contributed by atoms with Gasteiger partial charge in [0.15, 0.2) is 0 Å². The fourth-order valence-corrected chi connectivity index (χ4v) is 6.07. The van der Waals surface area contributed by atoms with E-state index in [2.05, 4.69) is 11.0 Å². The molecule has 0 bridgehead atoms. The highest BCUT2D eigenvalue weighted by Crippen LogP contribution is 2.44. The van der Waals surface area contributed by atoms with Crippen molar-refractivity contribution in [3.63, 3.8) is 0 Å². The Hall–Kier alpha value is -2.11. The van der Waals surface area contributed by atoms with Gasteiger partial charge in [-0.15, -0.1) is 0 Å². The van der Waals surface area contributed by atoms with Gasteiger partial charge >= 0.3 is 0 Å². The molecule has 0 atom stereocenters. The highest BCUT2D eigenvalue weighted by Gasteiger charge is 2.36. The first-order chi connectivity index (χ1) is 12.2. The van der Waals surface area contributed by atoms with Gasteiger partial charge < -0.3 is 4.90 Å². The molecule has 0 unspecified atom stereocenters. The molecule has 3 heterocycles. The predicted molar refractivity (Wildman–Crippen MR) is 99.3 cm³/mol. The molecule has 0 amide bonds. The quantitative estimate of drug-likeness (QED) is 0.567. The Morgan fingerprint density at radius 3 is 2.48 bits per heavy atom. The lowest BCUT2D eigenvalue weighted by atomic mass is 10.0. The van der Waals surface area contributed by atoms with E-state index in [1.54, 1.807) is 16.1 Å². The van der Waals surface area contributed by atoms with E-state index in [-0.39, 0.29) is 0 Å². The molecule has 0 N–H and O–H groups in total. The number of benzene rings is 2. The molecule has 0 saturated carbocycles. The minimum Gasteiger partial charge on any atom is -0.303 e. The van der Waals surface area contributed by atoms with Gasteiger partial charge in [0.05, 0.1) is 16.1 Å². The van der Waals surface area contributed by atoms with Crippen LogP contribution in [0.2, 0.25) is 0 Å². The van der Waals surface area contributed by atoms with Crippen LogP contribution in [0, 0.1) is 0 Å². The number of likely N-dealkylation sites (tertiary alicyclic amines) is 1. The van der Waals surface area contributed by atoms with Crippen LogP contribution in [-0.2, 0) is 16.4 Å². The van der Waals surface area contributed by atoms with E-state index in [0.717, 1.165) is 53.8 Å². The van der Waals surface area contributed by atoms with Crippen molar-refractivity contribution < 1.29 is 8.42 Å². The Balaban J connectivity index is 1.74. The van der Waals surface area contributed by atoms with Crippen molar-refractivity contribution in [1.82, 2.24) is 8.87 Å². The molecule has 0 spiro atoms. The zero-order valence-electron chi connectivity index (χ0n) is 14.0. The summed E-state index contributed by atoms with van der Waals surface area (Å²) in [5.41, 5.74) is 3.67. The average molecular weight is 352 g/mol. The van der Waals surface area contributed by atoms with Gasteiger partial charge in [0.1, 0.15) is 0 Å². The van der Waals surface area contributed by atoms with Gasteiger partial charge in [-0.2, -0.15) is 0 Å². The van der Waals surface area contributed by atoms with Gasteiger partial charge in [-0.05, 0) is 50.0 Å². The molecule has 2 aliphatic heterocycles. The number of nitrogens with zero attached hydrogens (tertiary/aromatic N) is 2. The van der Waals surface area contributed by atoms with Crippen LogP contribution in [0.4, 0.5) is 0 Å². The molecule has 1 aromatic heterocycles. The molecular weight excluding hydrogens is 332 g/mol. The molecule has 0 radical (unpaired) electrons. The van der Waals surface area contributed by atoms with Crippen molar-refractivity contribution in [3.8, 4) is 11.3 Å². The number of hydrogen-bond acceptors (Lipinski definition) is 3. The van der Waals surface area contributed by atoms with Gasteiger partial charge in [0, 0.05) is 17.5 Å². The molecule has 2 aliphatic rings. The first-order valence-electron chi connectivity index (χ1n) is 8.87. The molecule has 5 heteroatoms. The topological polar surface area (TPSA) is 42.3 Å².